The lowest BCUT2D eigenvalue weighted by molar-refractivity contribution is -0.274. The molecule has 0 bridgehead atoms. The van der Waals surface area contributed by atoms with E-state index in [1.807, 2.05) is 0 Å². The van der Waals surface area contributed by atoms with Gasteiger partial charge in [-0.15, -0.1) is 13.2 Å². The van der Waals surface area contributed by atoms with Crippen molar-refractivity contribution in [2.24, 2.45) is 5.92 Å². The normalized spacial score (nSPS) is 13.0. The summed E-state index contributed by atoms with van der Waals surface area (Å²) >= 11 is 0. The van der Waals surface area contributed by atoms with E-state index in [0.717, 1.165) is 24.3 Å². The monoisotopic (exact) mass is 479 g/mol. The van der Waals surface area contributed by atoms with Crippen LogP contribution in [0.2, 0.25) is 0 Å². The van der Waals surface area contributed by atoms with Gasteiger partial charge in [0.2, 0.25) is 6.41 Å². The second kappa shape index (κ2) is 10.6. The van der Waals surface area contributed by atoms with Crippen LogP contribution in [0.4, 0.5) is 13.2 Å². The number of ether oxygens (including phenoxy) is 2. The number of hydrogen-bond donors (Lipinski definition) is 3. The molecular formula is C19H20F3NO8S. The van der Waals surface area contributed by atoms with Gasteiger partial charge in [0.05, 0.1) is 25.0 Å². The van der Waals surface area contributed by atoms with Crippen molar-refractivity contribution in [3.05, 3.63) is 48.5 Å². The van der Waals surface area contributed by atoms with E-state index in [1.54, 1.807) is 0 Å². The zero-order valence-electron chi connectivity index (χ0n) is 16.3. The van der Waals surface area contributed by atoms with Gasteiger partial charge in [-0.3, -0.25) is 10.0 Å². The molecule has 9 nitrogen and oxygen atoms in total. The van der Waals surface area contributed by atoms with Crippen LogP contribution < -0.4 is 9.47 Å². The molecule has 0 radical (unpaired) electrons. The van der Waals surface area contributed by atoms with Gasteiger partial charge in [0.15, 0.2) is 9.84 Å². The smallest absolute Gasteiger partial charge is 0.456 e. The van der Waals surface area contributed by atoms with Crippen LogP contribution in [0, 0.1) is 5.92 Å². The molecule has 2 aromatic rings. The van der Waals surface area contributed by atoms with E-state index in [1.165, 1.54) is 24.3 Å². The summed E-state index contributed by atoms with van der Waals surface area (Å²) in [6.45, 7) is -1.40. The minimum Gasteiger partial charge on any atom is -0.456 e. The average molecular weight is 479 g/mol. The molecule has 1 atom stereocenters. The number of hydrogen-bond acceptors (Lipinski definition) is 8. The van der Waals surface area contributed by atoms with Crippen molar-refractivity contribution in [1.82, 2.24) is 5.06 Å². The maximum atomic E-state index is 13.0. The van der Waals surface area contributed by atoms with Crippen LogP contribution in [0.5, 0.6) is 17.2 Å². The van der Waals surface area contributed by atoms with Gasteiger partial charge in [-0.25, -0.2) is 13.5 Å². The predicted molar refractivity (Wildman–Crippen MR) is 103 cm³/mol. The first-order valence-electron chi connectivity index (χ1n) is 9.00. The number of benzene rings is 2. The summed E-state index contributed by atoms with van der Waals surface area (Å²) in [6, 6.07) is 8.13. The van der Waals surface area contributed by atoms with Crippen LogP contribution in [0.15, 0.2) is 53.4 Å². The number of carbonyl (C=O) groups is 1. The lowest BCUT2D eigenvalue weighted by Crippen LogP contribution is -2.45. The summed E-state index contributed by atoms with van der Waals surface area (Å²) < 4.78 is 72.0. The van der Waals surface area contributed by atoms with Crippen molar-refractivity contribution in [1.29, 1.82) is 0 Å². The van der Waals surface area contributed by atoms with Crippen LogP contribution in [0.25, 0.3) is 0 Å². The summed E-state index contributed by atoms with van der Waals surface area (Å²) in [5, 5.41) is 28.5. The molecule has 1 amide bonds. The fraction of sp³-hybridized carbons (Fsp3) is 0.316. The van der Waals surface area contributed by atoms with Crippen LogP contribution >= 0.6 is 0 Å². The number of rotatable bonds is 11. The molecule has 0 aliphatic carbocycles. The fourth-order valence-electron chi connectivity index (χ4n) is 2.75. The Morgan fingerprint density at radius 3 is 2.09 bits per heavy atom. The van der Waals surface area contributed by atoms with E-state index < -0.39 is 52.9 Å². The van der Waals surface area contributed by atoms with Gasteiger partial charge in [0.25, 0.3) is 0 Å². The molecular weight excluding hydrogens is 459 g/mol. The zero-order valence-corrected chi connectivity index (χ0v) is 17.2. The Morgan fingerprint density at radius 1 is 1.00 bits per heavy atom. The van der Waals surface area contributed by atoms with E-state index in [2.05, 4.69) is 4.74 Å². The van der Waals surface area contributed by atoms with Gasteiger partial charge in [0.1, 0.15) is 22.1 Å². The molecule has 176 valence electrons. The van der Waals surface area contributed by atoms with Crippen LogP contribution in [0.3, 0.4) is 0 Å². The molecule has 0 aliphatic heterocycles. The second-order valence-electron chi connectivity index (χ2n) is 6.53. The SMILES string of the molecule is O=CN(O)C(CS(=O)(=O)c1ccccc1Oc1ccc(OC(F)(F)F)cc1)C(CO)CO. The summed E-state index contributed by atoms with van der Waals surface area (Å²) in [7, 11) is -4.24. The average Bonchev–Trinajstić information content (AvgIpc) is 2.74. The van der Waals surface area contributed by atoms with Gasteiger partial charge in [-0.2, -0.15) is 0 Å². The first kappa shape index (κ1) is 25.4. The number of para-hydroxylation sites is 1. The highest BCUT2D eigenvalue weighted by Gasteiger charge is 2.33. The molecule has 0 fully saturated rings. The highest BCUT2D eigenvalue weighted by Crippen LogP contribution is 2.32. The first-order valence-corrected chi connectivity index (χ1v) is 10.7. The standard InChI is InChI=1S/C19H20F3NO8S/c20-19(21,22)31-15-7-5-14(6-8-15)30-17-3-1-2-4-18(17)32(28,29)11-16(23(27)12-26)13(9-24)10-25/h1-8,12-13,16,24-25,27H,9-11H2. The predicted octanol–water partition coefficient (Wildman–Crippen LogP) is 1.97. The van der Waals surface area contributed by atoms with Crippen molar-refractivity contribution in [2.45, 2.75) is 17.3 Å². The van der Waals surface area contributed by atoms with Crippen molar-refractivity contribution in [3.63, 3.8) is 0 Å². The molecule has 32 heavy (non-hydrogen) atoms. The number of nitrogens with zero attached hydrogens (tertiary/aromatic N) is 1. The Hall–Kier alpha value is -2.87. The Kier molecular flexibility index (Phi) is 8.44. The van der Waals surface area contributed by atoms with E-state index in [9.17, 15) is 41.8 Å². The number of aliphatic hydroxyl groups excluding tert-OH is 2. The second-order valence-corrected chi connectivity index (χ2v) is 8.53. The van der Waals surface area contributed by atoms with E-state index in [0.29, 0.717) is 0 Å². The molecule has 0 saturated carbocycles. The number of sulfone groups is 1. The molecule has 0 aromatic heterocycles. The van der Waals surface area contributed by atoms with E-state index in [-0.39, 0.29) is 27.9 Å². The molecule has 1 unspecified atom stereocenters. The largest absolute Gasteiger partial charge is 0.573 e. The van der Waals surface area contributed by atoms with Crippen LogP contribution in [0.1, 0.15) is 0 Å². The van der Waals surface area contributed by atoms with Gasteiger partial charge in [-0.05, 0) is 36.4 Å². The van der Waals surface area contributed by atoms with E-state index in [4.69, 9.17) is 4.74 Å². The fourth-order valence-corrected chi connectivity index (χ4v) is 4.51. The number of hydroxylamine groups is 2. The van der Waals surface area contributed by atoms with Crippen molar-refractivity contribution >= 4 is 16.2 Å². The minimum absolute atomic E-state index is 0.0130. The third-order valence-electron chi connectivity index (χ3n) is 4.32. The molecule has 2 aromatic carbocycles. The molecule has 0 spiro atoms. The zero-order chi connectivity index (χ0) is 23.9. The van der Waals surface area contributed by atoms with Crippen LogP contribution in [-0.4, -0.2) is 66.7 Å². The highest BCUT2D eigenvalue weighted by atomic mass is 32.2. The van der Waals surface area contributed by atoms with Crippen molar-refractivity contribution in [3.8, 4) is 17.2 Å². The molecule has 0 heterocycles. The Bertz CT molecular complexity index is 994. The topological polar surface area (TPSA) is 134 Å². The molecule has 2 rings (SSSR count). The van der Waals surface area contributed by atoms with E-state index >= 15 is 0 Å². The number of carbonyl (C=O) groups excluding carboxylic acids is 1. The van der Waals surface area contributed by atoms with Crippen LogP contribution in [-0.2, 0) is 14.6 Å². The quantitative estimate of drug-likeness (QED) is 0.253. The summed E-state index contributed by atoms with van der Waals surface area (Å²) in [5.41, 5.74) is 0. The molecule has 0 saturated heterocycles. The minimum atomic E-state index is -4.87. The highest BCUT2D eigenvalue weighted by molar-refractivity contribution is 7.91. The Morgan fingerprint density at radius 2 is 1.56 bits per heavy atom. The maximum Gasteiger partial charge on any atom is 0.573 e. The third-order valence-corrected chi connectivity index (χ3v) is 6.11. The summed E-state index contributed by atoms with van der Waals surface area (Å²) in [6.07, 6.45) is -4.92. The number of halogens is 3. The molecule has 3 N–H and O–H groups in total. The molecule has 13 heteroatoms. The lowest BCUT2D eigenvalue weighted by Gasteiger charge is -2.28. The van der Waals surface area contributed by atoms with Gasteiger partial charge >= 0.3 is 6.36 Å². The molecule has 0 aliphatic rings. The van der Waals surface area contributed by atoms with Gasteiger partial charge in [-0.1, -0.05) is 12.1 Å². The number of aliphatic hydroxyl groups is 2. The first-order chi connectivity index (χ1) is 15.0. The summed E-state index contributed by atoms with van der Waals surface area (Å²) in [4.78, 5) is 10.6. The summed E-state index contributed by atoms with van der Waals surface area (Å²) in [5.74, 6) is -2.65. The number of amides is 1. The number of alkyl halides is 3. The Labute approximate surface area is 181 Å². The van der Waals surface area contributed by atoms with Gasteiger partial charge in [0, 0.05) is 5.92 Å². The third kappa shape index (κ3) is 6.82. The van der Waals surface area contributed by atoms with Crippen molar-refractivity contribution in [2.75, 3.05) is 19.0 Å². The van der Waals surface area contributed by atoms with Crippen molar-refractivity contribution < 1.29 is 51.3 Å². The van der Waals surface area contributed by atoms with Gasteiger partial charge < -0.3 is 19.7 Å². The lowest BCUT2D eigenvalue weighted by atomic mass is 10.0. The Balaban J connectivity index is 2.30. The maximum absolute atomic E-state index is 13.0.